The summed E-state index contributed by atoms with van der Waals surface area (Å²) in [4.78, 5) is 19.5. The molecule has 1 aromatic heterocycles. The molecular formula is C14H8Br2N2O. The number of H-pyrrole nitrogens is 1. The number of rotatable bonds is 1. The minimum Gasteiger partial charge on any atom is -0.306 e. The minimum absolute atomic E-state index is 0.147. The number of aromatic nitrogens is 2. The van der Waals surface area contributed by atoms with Gasteiger partial charge >= 0.3 is 0 Å². The van der Waals surface area contributed by atoms with Crippen LogP contribution in [0.4, 0.5) is 0 Å². The van der Waals surface area contributed by atoms with E-state index in [2.05, 4.69) is 41.8 Å². The number of benzene rings is 2. The first kappa shape index (κ1) is 12.6. The largest absolute Gasteiger partial charge is 0.306 e. The van der Waals surface area contributed by atoms with Crippen molar-refractivity contribution in [1.82, 2.24) is 9.97 Å². The third-order valence-electron chi connectivity index (χ3n) is 2.78. The molecule has 2 aromatic carbocycles. The normalized spacial score (nSPS) is 10.8. The minimum atomic E-state index is -0.147. The van der Waals surface area contributed by atoms with Crippen molar-refractivity contribution in [3.8, 4) is 11.4 Å². The Labute approximate surface area is 126 Å². The second-order valence-electron chi connectivity index (χ2n) is 4.06. The van der Waals surface area contributed by atoms with Crippen LogP contribution in [0.1, 0.15) is 0 Å². The van der Waals surface area contributed by atoms with E-state index < -0.39 is 0 Å². The summed E-state index contributed by atoms with van der Waals surface area (Å²) in [6.45, 7) is 0. The average Bonchev–Trinajstić information content (AvgIpc) is 2.41. The van der Waals surface area contributed by atoms with Crippen molar-refractivity contribution in [3.63, 3.8) is 0 Å². The van der Waals surface area contributed by atoms with Gasteiger partial charge < -0.3 is 4.98 Å². The van der Waals surface area contributed by atoms with Crippen LogP contribution in [-0.4, -0.2) is 9.97 Å². The van der Waals surface area contributed by atoms with Gasteiger partial charge in [-0.05, 0) is 28.1 Å². The van der Waals surface area contributed by atoms with Crippen molar-refractivity contribution in [2.24, 2.45) is 0 Å². The fourth-order valence-corrected chi connectivity index (χ4v) is 3.21. The van der Waals surface area contributed by atoms with Crippen molar-refractivity contribution in [2.45, 2.75) is 0 Å². The van der Waals surface area contributed by atoms with E-state index in [1.165, 1.54) is 0 Å². The lowest BCUT2D eigenvalue weighted by Crippen LogP contribution is -2.09. The van der Waals surface area contributed by atoms with Gasteiger partial charge in [0.1, 0.15) is 5.82 Å². The first-order valence-electron chi connectivity index (χ1n) is 5.59. The van der Waals surface area contributed by atoms with E-state index in [1.54, 1.807) is 6.07 Å². The Hall–Kier alpha value is -1.46. The predicted octanol–water partition coefficient (Wildman–Crippen LogP) is 4.12. The Balaban J connectivity index is 2.34. The van der Waals surface area contributed by atoms with Crippen LogP contribution in [-0.2, 0) is 0 Å². The first-order valence-corrected chi connectivity index (χ1v) is 7.18. The topological polar surface area (TPSA) is 45.8 Å². The van der Waals surface area contributed by atoms with Gasteiger partial charge in [0, 0.05) is 14.5 Å². The van der Waals surface area contributed by atoms with Crippen molar-refractivity contribution >= 4 is 42.8 Å². The van der Waals surface area contributed by atoms with Gasteiger partial charge in [0.25, 0.3) is 5.56 Å². The number of aromatic amines is 1. The highest BCUT2D eigenvalue weighted by molar-refractivity contribution is 9.11. The lowest BCUT2D eigenvalue weighted by atomic mass is 10.2. The van der Waals surface area contributed by atoms with E-state index in [4.69, 9.17) is 0 Å². The summed E-state index contributed by atoms with van der Waals surface area (Å²) in [6.07, 6.45) is 0. The molecule has 3 rings (SSSR count). The average molecular weight is 380 g/mol. The molecule has 0 spiro atoms. The molecule has 0 aliphatic carbocycles. The van der Waals surface area contributed by atoms with Crippen LogP contribution >= 0.6 is 31.9 Å². The number of halogens is 2. The van der Waals surface area contributed by atoms with E-state index >= 15 is 0 Å². The monoisotopic (exact) mass is 378 g/mol. The molecule has 0 unspecified atom stereocenters. The highest BCUT2D eigenvalue weighted by Crippen LogP contribution is 2.26. The van der Waals surface area contributed by atoms with Crippen LogP contribution in [0.2, 0.25) is 0 Å². The summed E-state index contributed by atoms with van der Waals surface area (Å²) in [6, 6.07) is 13.2. The smallest absolute Gasteiger partial charge is 0.259 e. The summed E-state index contributed by atoms with van der Waals surface area (Å²) in [5, 5.41) is 0.556. The zero-order valence-electron chi connectivity index (χ0n) is 9.65. The molecule has 19 heavy (non-hydrogen) atoms. The van der Waals surface area contributed by atoms with Crippen LogP contribution in [0.15, 0.2) is 56.2 Å². The van der Waals surface area contributed by atoms with Crippen LogP contribution in [0.3, 0.4) is 0 Å². The van der Waals surface area contributed by atoms with Gasteiger partial charge in [0.2, 0.25) is 0 Å². The van der Waals surface area contributed by atoms with Gasteiger partial charge in [-0.3, -0.25) is 4.79 Å². The molecule has 1 heterocycles. The maximum Gasteiger partial charge on any atom is 0.259 e. The molecule has 0 bridgehead atoms. The number of hydrogen-bond donors (Lipinski definition) is 1. The van der Waals surface area contributed by atoms with Gasteiger partial charge in [-0.1, -0.05) is 46.3 Å². The van der Waals surface area contributed by atoms with E-state index in [0.29, 0.717) is 16.7 Å². The summed E-state index contributed by atoms with van der Waals surface area (Å²) in [5.41, 5.74) is 1.40. The molecule has 94 valence electrons. The molecule has 0 amide bonds. The first-order chi connectivity index (χ1) is 9.15. The van der Waals surface area contributed by atoms with E-state index in [0.717, 1.165) is 14.5 Å². The number of nitrogens with zero attached hydrogens (tertiary/aromatic N) is 1. The summed E-state index contributed by atoms with van der Waals surface area (Å²) < 4.78 is 1.63. The van der Waals surface area contributed by atoms with Crippen LogP contribution in [0, 0.1) is 0 Å². The molecule has 1 N–H and O–H groups in total. The molecule has 0 aliphatic rings. The SMILES string of the molecule is O=c1[nH]c(-c2ccccc2)nc2c(Br)cc(Br)cc12. The Kier molecular flexibility index (Phi) is 3.24. The molecule has 0 aliphatic heterocycles. The second kappa shape index (κ2) is 4.90. The molecule has 0 saturated heterocycles. The molecule has 0 atom stereocenters. The molecule has 0 fully saturated rings. The quantitative estimate of drug-likeness (QED) is 0.691. The predicted molar refractivity (Wildman–Crippen MR) is 83.2 cm³/mol. The Morgan fingerprint density at radius 2 is 1.79 bits per heavy atom. The molecular weight excluding hydrogens is 372 g/mol. The molecule has 5 heteroatoms. The number of nitrogens with one attached hydrogen (secondary N) is 1. The molecule has 3 nitrogen and oxygen atoms in total. The van der Waals surface area contributed by atoms with Crippen molar-refractivity contribution in [3.05, 3.63) is 61.8 Å². The second-order valence-corrected chi connectivity index (χ2v) is 5.83. The van der Waals surface area contributed by atoms with Gasteiger partial charge in [-0.2, -0.15) is 0 Å². The van der Waals surface area contributed by atoms with Crippen molar-refractivity contribution in [2.75, 3.05) is 0 Å². The summed E-state index contributed by atoms with van der Waals surface area (Å²) in [7, 11) is 0. The van der Waals surface area contributed by atoms with E-state index in [-0.39, 0.29) is 5.56 Å². The van der Waals surface area contributed by atoms with Crippen molar-refractivity contribution < 1.29 is 0 Å². The van der Waals surface area contributed by atoms with Crippen LogP contribution in [0.5, 0.6) is 0 Å². The molecule has 3 aromatic rings. The van der Waals surface area contributed by atoms with Gasteiger partial charge in [0.15, 0.2) is 0 Å². The van der Waals surface area contributed by atoms with Gasteiger partial charge in [-0.15, -0.1) is 0 Å². The fourth-order valence-electron chi connectivity index (χ4n) is 1.90. The highest BCUT2D eigenvalue weighted by Gasteiger charge is 2.09. The zero-order valence-corrected chi connectivity index (χ0v) is 12.8. The molecule has 0 saturated carbocycles. The Morgan fingerprint density at radius 3 is 2.53 bits per heavy atom. The standard InChI is InChI=1S/C14H8Br2N2O/c15-9-6-10-12(11(16)7-9)17-13(18-14(10)19)8-4-2-1-3-5-8/h1-7H,(H,17,18,19). The summed E-state index contributed by atoms with van der Waals surface area (Å²) >= 11 is 6.81. The maximum atomic E-state index is 12.1. The summed E-state index contributed by atoms with van der Waals surface area (Å²) in [5.74, 6) is 0.570. The van der Waals surface area contributed by atoms with Gasteiger partial charge in [0.05, 0.1) is 10.9 Å². The number of hydrogen-bond acceptors (Lipinski definition) is 2. The zero-order chi connectivity index (χ0) is 13.4. The Morgan fingerprint density at radius 1 is 1.05 bits per heavy atom. The molecule has 0 radical (unpaired) electrons. The number of fused-ring (bicyclic) bond motifs is 1. The fraction of sp³-hybridized carbons (Fsp3) is 0. The van der Waals surface area contributed by atoms with Crippen LogP contribution < -0.4 is 5.56 Å². The lowest BCUT2D eigenvalue weighted by molar-refractivity contribution is 1.17. The third-order valence-corrected chi connectivity index (χ3v) is 3.84. The van der Waals surface area contributed by atoms with Crippen molar-refractivity contribution in [1.29, 1.82) is 0 Å². The van der Waals surface area contributed by atoms with E-state index in [9.17, 15) is 4.79 Å². The van der Waals surface area contributed by atoms with E-state index in [1.807, 2.05) is 36.4 Å². The highest BCUT2D eigenvalue weighted by atomic mass is 79.9. The Bertz CT molecular complexity index is 813. The van der Waals surface area contributed by atoms with Gasteiger partial charge in [-0.25, -0.2) is 4.98 Å². The third kappa shape index (κ3) is 2.35. The lowest BCUT2D eigenvalue weighted by Gasteiger charge is -2.05. The van der Waals surface area contributed by atoms with Crippen LogP contribution in [0.25, 0.3) is 22.3 Å². The maximum absolute atomic E-state index is 12.1.